The lowest BCUT2D eigenvalue weighted by Crippen LogP contribution is -2.37. The molecule has 3 unspecified atom stereocenters. The molecule has 3 atom stereocenters. The Hall–Kier alpha value is 0.110. The van der Waals surface area contributed by atoms with Gasteiger partial charge < -0.3 is 4.74 Å². The van der Waals surface area contributed by atoms with Crippen molar-refractivity contribution in [2.75, 3.05) is 6.61 Å². The van der Waals surface area contributed by atoms with E-state index in [1.165, 1.54) is 12.8 Å². The van der Waals surface area contributed by atoms with Gasteiger partial charge in [-0.05, 0) is 37.5 Å². The molecule has 2 nitrogen and oxygen atoms in total. The molecule has 0 aromatic heterocycles. The summed E-state index contributed by atoms with van der Waals surface area (Å²) in [4.78, 5) is 12.6. The number of carbonyl (C=O) groups is 1. The van der Waals surface area contributed by atoms with Crippen molar-refractivity contribution in [1.82, 2.24) is 0 Å². The summed E-state index contributed by atoms with van der Waals surface area (Å²) in [5.41, 5.74) is 0. The highest BCUT2D eigenvalue weighted by Crippen LogP contribution is 2.41. The van der Waals surface area contributed by atoms with Gasteiger partial charge in [0.2, 0.25) is 0 Å². The fourth-order valence-electron chi connectivity index (χ4n) is 4.12. The highest BCUT2D eigenvalue weighted by Gasteiger charge is 2.39. The molecule has 0 spiro atoms. The molecule has 2 rings (SSSR count). The number of halogens is 2. The van der Waals surface area contributed by atoms with Crippen LogP contribution < -0.4 is 0 Å². The molecule has 0 aromatic carbocycles. The summed E-state index contributed by atoms with van der Waals surface area (Å²) in [5.74, 6) is 0.231. The molecule has 6 heteroatoms. The van der Waals surface area contributed by atoms with Gasteiger partial charge in [-0.1, -0.05) is 47.8 Å². The minimum atomic E-state index is -2.36. The number of rotatable bonds is 6. The van der Waals surface area contributed by atoms with Gasteiger partial charge in [0.1, 0.15) is 6.61 Å². The van der Waals surface area contributed by atoms with Gasteiger partial charge in [-0.2, -0.15) is 0 Å². The van der Waals surface area contributed by atoms with E-state index in [4.69, 9.17) is 4.74 Å². The van der Waals surface area contributed by atoms with Gasteiger partial charge in [-0.25, -0.2) is 8.78 Å². The Morgan fingerprint density at radius 2 is 1.52 bits per heavy atom. The van der Waals surface area contributed by atoms with Crippen molar-refractivity contribution < 1.29 is 18.3 Å². The first-order valence-electron chi connectivity index (χ1n) is 8.90. The lowest BCUT2D eigenvalue weighted by Gasteiger charge is -2.36. The summed E-state index contributed by atoms with van der Waals surface area (Å²) in [7, 11) is 1.70. The molecule has 23 heavy (non-hydrogen) atoms. The monoisotopic (exact) mass is 366 g/mol. The van der Waals surface area contributed by atoms with Crippen LogP contribution in [0.15, 0.2) is 0 Å². The molecule has 0 amide bonds. The van der Waals surface area contributed by atoms with E-state index in [2.05, 4.69) is 12.6 Å². The zero-order chi connectivity index (χ0) is 16.9. The van der Waals surface area contributed by atoms with Gasteiger partial charge in [0.15, 0.2) is 10.9 Å². The van der Waals surface area contributed by atoms with Crippen molar-refractivity contribution in [3.63, 3.8) is 0 Å². The van der Waals surface area contributed by atoms with Gasteiger partial charge in [0, 0.05) is 0 Å². The van der Waals surface area contributed by atoms with Crippen molar-refractivity contribution in [2.24, 2.45) is 17.8 Å². The third-order valence-electron chi connectivity index (χ3n) is 5.40. The Bertz CT molecular complexity index is 359. The van der Waals surface area contributed by atoms with Crippen LogP contribution in [0.3, 0.4) is 0 Å². The molecule has 0 aromatic rings. The molecule has 0 N–H and O–H groups in total. The summed E-state index contributed by atoms with van der Waals surface area (Å²) < 4.78 is 29.9. The fourth-order valence-corrected chi connectivity index (χ4v) is 4.30. The highest BCUT2D eigenvalue weighted by atomic mass is 32.1. The normalized spacial score (nSPS) is 25.1. The number of hydrogen-bond acceptors (Lipinski definition) is 3. The van der Waals surface area contributed by atoms with Crippen molar-refractivity contribution in [3.05, 3.63) is 0 Å². The summed E-state index contributed by atoms with van der Waals surface area (Å²) in [6.07, 6.45) is 9.36. The van der Waals surface area contributed by atoms with Crippen LogP contribution in [0.5, 0.6) is 0 Å². The molecule has 0 bridgehead atoms. The van der Waals surface area contributed by atoms with E-state index < -0.39 is 17.5 Å². The van der Waals surface area contributed by atoms with E-state index in [-0.39, 0.29) is 11.9 Å². The predicted molar refractivity (Wildman–Crippen MR) is 95.0 cm³/mol. The SMILES string of the molecule is O=C(OCC(F)C(F)(P)S)C(C1CCCCC1)C1CCCCC1. The summed E-state index contributed by atoms with van der Waals surface area (Å²) >= 11 is 3.54. The van der Waals surface area contributed by atoms with E-state index >= 15 is 0 Å². The quantitative estimate of drug-likeness (QED) is 0.403. The van der Waals surface area contributed by atoms with Crippen molar-refractivity contribution >= 4 is 27.8 Å². The van der Waals surface area contributed by atoms with Crippen LogP contribution >= 0.6 is 21.9 Å². The number of carbonyl (C=O) groups excluding carboxylic acids is 1. The number of alkyl halides is 2. The molecule has 2 fully saturated rings. The Labute approximate surface area is 146 Å². The zero-order valence-corrected chi connectivity index (χ0v) is 15.7. The Morgan fingerprint density at radius 1 is 1.09 bits per heavy atom. The second-order valence-electron chi connectivity index (χ2n) is 7.15. The van der Waals surface area contributed by atoms with Gasteiger partial charge in [-0.15, -0.1) is 12.6 Å². The molecule has 0 radical (unpaired) electrons. The smallest absolute Gasteiger partial charge is 0.309 e. The fraction of sp³-hybridized carbons (Fsp3) is 0.941. The molecule has 134 valence electrons. The second kappa shape index (κ2) is 8.99. The number of thiol groups is 1. The molecule has 0 aliphatic heterocycles. The third-order valence-corrected chi connectivity index (χ3v) is 6.04. The van der Waals surface area contributed by atoms with Crippen molar-refractivity contribution in [2.45, 2.75) is 75.1 Å². The number of hydrogen-bond donors (Lipinski definition) is 1. The first-order valence-corrected chi connectivity index (χ1v) is 9.93. The van der Waals surface area contributed by atoms with Crippen LogP contribution in [0.2, 0.25) is 0 Å². The molecule has 0 saturated heterocycles. The lowest BCUT2D eigenvalue weighted by molar-refractivity contribution is -0.156. The highest BCUT2D eigenvalue weighted by molar-refractivity contribution is 7.86. The predicted octanol–water partition coefficient (Wildman–Crippen LogP) is 5.07. The molecule has 2 saturated carbocycles. The first-order chi connectivity index (χ1) is 10.9. The molecular formula is C17H29F2O2PS. The Kier molecular flexibility index (Phi) is 7.59. The number of esters is 1. The average Bonchev–Trinajstić information content (AvgIpc) is 2.54. The van der Waals surface area contributed by atoms with E-state index in [9.17, 15) is 13.6 Å². The van der Waals surface area contributed by atoms with Crippen LogP contribution in [0.1, 0.15) is 64.2 Å². The van der Waals surface area contributed by atoms with Crippen LogP contribution in [0, 0.1) is 17.8 Å². The maximum Gasteiger partial charge on any atom is 0.309 e. The van der Waals surface area contributed by atoms with Crippen LogP contribution in [-0.4, -0.2) is 23.5 Å². The van der Waals surface area contributed by atoms with Crippen LogP contribution in [0.4, 0.5) is 8.78 Å². The minimum absolute atomic E-state index is 0.138. The lowest BCUT2D eigenvalue weighted by atomic mass is 9.69. The molecule has 2 aliphatic carbocycles. The molecular weight excluding hydrogens is 337 g/mol. The van der Waals surface area contributed by atoms with E-state index in [1.54, 1.807) is 9.24 Å². The van der Waals surface area contributed by atoms with Gasteiger partial charge in [-0.3, -0.25) is 4.79 Å². The molecule has 0 heterocycles. The molecule has 2 aliphatic rings. The van der Waals surface area contributed by atoms with Crippen molar-refractivity contribution in [1.29, 1.82) is 0 Å². The average molecular weight is 366 g/mol. The van der Waals surface area contributed by atoms with Crippen molar-refractivity contribution in [3.8, 4) is 0 Å². The second-order valence-corrected chi connectivity index (χ2v) is 9.16. The van der Waals surface area contributed by atoms with Gasteiger partial charge in [0.25, 0.3) is 0 Å². The zero-order valence-electron chi connectivity index (χ0n) is 13.7. The summed E-state index contributed by atoms with van der Waals surface area (Å²) in [6, 6.07) is 0. The van der Waals surface area contributed by atoms with Crippen LogP contribution in [0.25, 0.3) is 0 Å². The van der Waals surface area contributed by atoms with Gasteiger partial charge >= 0.3 is 5.97 Å². The maximum absolute atomic E-state index is 13.7. The number of ether oxygens (including phenoxy) is 1. The van der Waals surface area contributed by atoms with E-state index in [0.717, 1.165) is 51.4 Å². The minimum Gasteiger partial charge on any atom is -0.462 e. The van der Waals surface area contributed by atoms with Gasteiger partial charge in [0.05, 0.1) is 5.92 Å². The standard InChI is InChI=1S/C17H29F2O2PS/c18-14(17(19,22)23)11-21-16(20)15(12-7-3-1-4-8-12)13-9-5-2-6-10-13/h12-15,23H,1-11,22H2. The Balaban J connectivity index is 1.98. The van der Waals surface area contributed by atoms with Crippen LogP contribution in [-0.2, 0) is 9.53 Å². The Morgan fingerprint density at radius 3 is 1.91 bits per heavy atom. The van der Waals surface area contributed by atoms with E-state index in [1.807, 2.05) is 0 Å². The first kappa shape index (κ1) is 19.4. The summed E-state index contributed by atoms with van der Waals surface area (Å²) in [6.45, 7) is -0.557. The largest absolute Gasteiger partial charge is 0.462 e. The third kappa shape index (κ3) is 5.85. The topological polar surface area (TPSA) is 26.3 Å². The maximum atomic E-state index is 13.7. The summed E-state index contributed by atoms with van der Waals surface area (Å²) in [5, 5.41) is 0. The van der Waals surface area contributed by atoms with E-state index in [0.29, 0.717) is 11.8 Å².